The standard InChI is InChI=1S/C26H29ClN4O3/c1-33-12-11-28-16-20-4-3-17(13-24(20)34-2)14-25-29-10-9-22(30-25)19-7-8-23(21(27)15-19)31-26(32)18-5-6-18/h3-4,7-10,13,15,18,28H,5-6,11-12,14,16H2,1-2H3,(H,31,32). The van der Waals surface area contributed by atoms with E-state index in [0.717, 1.165) is 47.5 Å². The van der Waals surface area contributed by atoms with Crippen LogP contribution >= 0.6 is 11.6 Å². The Bertz CT molecular complexity index is 1150. The van der Waals surface area contributed by atoms with Crippen LogP contribution in [-0.4, -0.2) is 43.2 Å². The Labute approximate surface area is 204 Å². The van der Waals surface area contributed by atoms with Gasteiger partial charge in [0.25, 0.3) is 0 Å². The minimum atomic E-state index is 0.0335. The highest BCUT2D eigenvalue weighted by Gasteiger charge is 2.29. The minimum Gasteiger partial charge on any atom is -0.496 e. The van der Waals surface area contributed by atoms with Gasteiger partial charge in [-0.15, -0.1) is 0 Å². The summed E-state index contributed by atoms with van der Waals surface area (Å²) in [4.78, 5) is 21.2. The van der Waals surface area contributed by atoms with Crippen LogP contribution in [0.3, 0.4) is 0 Å². The van der Waals surface area contributed by atoms with Gasteiger partial charge in [-0.3, -0.25) is 4.79 Å². The first kappa shape index (κ1) is 24.1. The van der Waals surface area contributed by atoms with E-state index < -0.39 is 0 Å². The van der Waals surface area contributed by atoms with Gasteiger partial charge in [0.05, 0.1) is 30.1 Å². The molecular weight excluding hydrogens is 452 g/mol. The summed E-state index contributed by atoms with van der Waals surface area (Å²) in [6.07, 6.45) is 4.22. The molecule has 1 heterocycles. The fourth-order valence-electron chi connectivity index (χ4n) is 3.63. The minimum absolute atomic E-state index is 0.0335. The Morgan fingerprint density at radius 1 is 1.15 bits per heavy atom. The first-order valence-corrected chi connectivity index (χ1v) is 11.7. The quantitative estimate of drug-likeness (QED) is 0.393. The number of amides is 1. The molecule has 2 N–H and O–H groups in total. The summed E-state index contributed by atoms with van der Waals surface area (Å²) in [6.45, 7) is 2.15. The number of ether oxygens (including phenoxy) is 2. The number of anilines is 1. The van der Waals surface area contributed by atoms with Crippen molar-refractivity contribution in [2.45, 2.75) is 25.8 Å². The molecule has 8 heteroatoms. The maximum Gasteiger partial charge on any atom is 0.227 e. The Morgan fingerprint density at radius 3 is 2.74 bits per heavy atom. The molecule has 178 valence electrons. The molecule has 0 unspecified atom stereocenters. The molecule has 1 aliphatic rings. The van der Waals surface area contributed by atoms with E-state index in [1.54, 1.807) is 20.4 Å². The first-order chi connectivity index (χ1) is 16.6. The first-order valence-electron chi connectivity index (χ1n) is 11.4. The van der Waals surface area contributed by atoms with E-state index in [1.807, 2.05) is 30.3 Å². The van der Waals surface area contributed by atoms with Crippen molar-refractivity contribution >= 4 is 23.2 Å². The molecule has 2 aromatic carbocycles. The topological polar surface area (TPSA) is 85.4 Å². The van der Waals surface area contributed by atoms with Crippen LogP contribution in [0.25, 0.3) is 11.3 Å². The van der Waals surface area contributed by atoms with Gasteiger partial charge in [-0.25, -0.2) is 9.97 Å². The van der Waals surface area contributed by atoms with Crippen molar-refractivity contribution in [3.8, 4) is 17.0 Å². The molecule has 0 spiro atoms. The smallest absolute Gasteiger partial charge is 0.227 e. The lowest BCUT2D eigenvalue weighted by Crippen LogP contribution is -2.19. The van der Waals surface area contributed by atoms with E-state index in [4.69, 9.17) is 26.1 Å². The van der Waals surface area contributed by atoms with Crippen molar-refractivity contribution in [1.82, 2.24) is 15.3 Å². The molecule has 7 nitrogen and oxygen atoms in total. The number of halogens is 1. The molecule has 0 bridgehead atoms. The summed E-state index contributed by atoms with van der Waals surface area (Å²) in [5.74, 6) is 1.69. The highest BCUT2D eigenvalue weighted by molar-refractivity contribution is 6.34. The van der Waals surface area contributed by atoms with Crippen molar-refractivity contribution in [3.05, 3.63) is 70.6 Å². The monoisotopic (exact) mass is 480 g/mol. The maximum absolute atomic E-state index is 12.0. The summed E-state index contributed by atoms with van der Waals surface area (Å²) < 4.78 is 10.7. The summed E-state index contributed by atoms with van der Waals surface area (Å²) in [6, 6.07) is 13.6. The second-order valence-corrected chi connectivity index (χ2v) is 8.72. The Morgan fingerprint density at radius 2 is 2.00 bits per heavy atom. The van der Waals surface area contributed by atoms with Crippen LogP contribution in [0.15, 0.2) is 48.7 Å². The molecule has 0 radical (unpaired) electrons. The number of methoxy groups -OCH3 is 2. The Balaban J connectivity index is 1.45. The number of carbonyl (C=O) groups is 1. The van der Waals surface area contributed by atoms with Gasteiger partial charge < -0.3 is 20.1 Å². The maximum atomic E-state index is 12.0. The zero-order valence-electron chi connectivity index (χ0n) is 19.4. The summed E-state index contributed by atoms with van der Waals surface area (Å²) in [5.41, 5.74) is 4.41. The summed E-state index contributed by atoms with van der Waals surface area (Å²) in [5, 5.41) is 6.73. The van der Waals surface area contributed by atoms with E-state index in [0.29, 0.717) is 36.1 Å². The van der Waals surface area contributed by atoms with E-state index in [9.17, 15) is 4.79 Å². The van der Waals surface area contributed by atoms with Crippen LogP contribution in [0.1, 0.15) is 29.8 Å². The van der Waals surface area contributed by atoms with Gasteiger partial charge in [-0.05, 0) is 42.7 Å². The Hall–Kier alpha value is -3.00. The second-order valence-electron chi connectivity index (χ2n) is 8.31. The van der Waals surface area contributed by atoms with Gasteiger partial charge in [0.1, 0.15) is 11.6 Å². The van der Waals surface area contributed by atoms with E-state index in [-0.39, 0.29) is 11.8 Å². The SMILES string of the molecule is COCCNCc1ccc(Cc2nccc(-c3ccc(NC(=O)C4CC4)c(Cl)c3)n2)cc1OC. The van der Waals surface area contributed by atoms with Gasteiger partial charge in [0.2, 0.25) is 5.91 Å². The number of carbonyl (C=O) groups excluding carboxylic acids is 1. The van der Waals surface area contributed by atoms with Crippen LogP contribution in [0.5, 0.6) is 5.75 Å². The molecule has 3 aromatic rings. The van der Waals surface area contributed by atoms with E-state index >= 15 is 0 Å². The molecule has 34 heavy (non-hydrogen) atoms. The molecule has 1 aliphatic carbocycles. The van der Waals surface area contributed by atoms with Gasteiger partial charge in [0.15, 0.2) is 0 Å². The second kappa shape index (κ2) is 11.4. The zero-order chi connectivity index (χ0) is 23.9. The molecule has 0 atom stereocenters. The number of benzene rings is 2. The third-order valence-electron chi connectivity index (χ3n) is 5.69. The summed E-state index contributed by atoms with van der Waals surface area (Å²) in [7, 11) is 3.36. The van der Waals surface area contributed by atoms with Gasteiger partial charge >= 0.3 is 0 Å². The van der Waals surface area contributed by atoms with Crippen molar-refractivity contribution in [2.75, 3.05) is 32.7 Å². The molecule has 4 rings (SSSR count). The molecule has 1 fully saturated rings. The highest BCUT2D eigenvalue weighted by atomic mass is 35.5. The number of rotatable bonds is 11. The molecule has 1 amide bonds. The predicted molar refractivity (Wildman–Crippen MR) is 133 cm³/mol. The molecule has 1 saturated carbocycles. The lowest BCUT2D eigenvalue weighted by Gasteiger charge is -2.12. The third kappa shape index (κ3) is 6.32. The number of aromatic nitrogens is 2. The van der Waals surface area contributed by atoms with Crippen LogP contribution in [-0.2, 0) is 22.5 Å². The lowest BCUT2D eigenvalue weighted by atomic mass is 10.1. The predicted octanol–water partition coefficient (Wildman–Crippen LogP) is 4.48. The summed E-state index contributed by atoms with van der Waals surface area (Å²) >= 11 is 6.44. The third-order valence-corrected chi connectivity index (χ3v) is 6.00. The molecule has 1 aromatic heterocycles. The largest absolute Gasteiger partial charge is 0.496 e. The number of hydrogen-bond acceptors (Lipinski definition) is 6. The van der Waals surface area contributed by atoms with E-state index in [1.165, 1.54) is 0 Å². The lowest BCUT2D eigenvalue weighted by molar-refractivity contribution is -0.117. The average Bonchev–Trinajstić information content (AvgIpc) is 3.69. The van der Waals surface area contributed by atoms with Crippen molar-refractivity contribution < 1.29 is 14.3 Å². The van der Waals surface area contributed by atoms with E-state index in [2.05, 4.69) is 27.8 Å². The van der Waals surface area contributed by atoms with Crippen LogP contribution in [0.2, 0.25) is 5.02 Å². The zero-order valence-corrected chi connectivity index (χ0v) is 20.2. The fourth-order valence-corrected chi connectivity index (χ4v) is 3.85. The Kier molecular flexibility index (Phi) is 8.11. The normalized spacial score (nSPS) is 13.0. The number of hydrogen-bond donors (Lipinski definition) is 2. The molecule has 0 aliphatic heterocycles. The molecule has 0 saturated heterocycles. The van der Waals surface area contributed by atoms with Crippen molar-refractivity contribution in [2.24, 2.45) is 5.92 Å². The van der Waals surface area contributed by atoms with Crippen LogP contribution < -0.4 is 15.4 Å². The van der Waals surface area contributed by atoms with Gasteiger partial charge in [-0.1, -0.05) is 29.8 Å². The average molecular weight is 481 g/mol. The fraction of sp³-hybridized carbons (Fsp3) is 0.346. The highest BCUT2D eigenvalue weighted by Crippen LogP contribution is 2.33. The number of nitrogens with one attached hydrogen (secondary N) is 2. The van der Waals surface area contributed by atoms with Crippen LogP contribution in [0, 0.1) is 5.92 Å². The van der Waals surface area contributed by atoms with Crippen LogP contribution in [0.4, 0.5) is 5.69 Å². The van der Waals surface area contributed by atoms with Crippen molar-refractivity contribution in [3.63, 3.8) is 0 Å². The van der Waals surface area contributed by atoms with Gasteiger partial charge in [0, 0.05) is 49.9 Å². The molecular formula is C26H29ClN4O3. The van der Waals surface area contributed by atoms with Gasteiger partial charge in [-0.2, -0.15) is 0 Å². The number of nitrogens with zero attached hydrogens (tertiary/aromatic N) is 2. The van der Waals surface area contributed by atoms with Crippen molar-refractivity contribution in [1.29, 1.82) is 0 Å².